The number of anilines is 2. The van der Waals surface area contributed by atoms with Gasteiger partial charge in [-0.2, -0.15) is 13.2 Å². The van der Waals surface area contributed by atoms with Crippen LogP contribution in [0.3, 0.4) is 0 Å². The summed E-state index contributed by atoms with van der Waals surface area (Å²) in [6.07, 6.45) is 2.23. The lowest BCUT2D eigenvalue weighted by Crippen LogP contribution is -2.37. The number of carbonyl (C=O) groups is 1. The first-order valence-corrected chi connectivity index (χ1v) is 14.5. The van der Waals surface area contributed by atoms with Gasteiger partial charge in [0, 0.05) is 44.0 Å². The van der Waals surface area contributed by atoms with E-state index in [4.69, 9.17) is 0 Å². The first-order valence-electron chi connectivity index (χ1n) is 12.4. The van der Waals surface area contributed by atoms with E-state index in [9.17, 15) is 31.5 Å². The quantitative estimate of drug-likeness (QED) is 0.297. The molecule has 2 aromatic rings. The predicted molar refractivity (Wildman–Crippen MR) is 137 cm³/mol. The Hall–Kier alpha value is -3.00. The molecule has 0 bridgehead atoms. The van der Waals surface area contributed by atoms with Crippen LogP contribution in [0.5, 0.6) is 0 Å². The zero-order chi connectivity index (χ0) is 27.8. The molecule has 1 atom stereocenters. The Bertz CT molecular complexity index is 1180. The molecule has 0 spiro atoms. The van der Waals surface area contributed by atoms with E-state index >= 15 is 0 Å². The number of rotatable bonds is 14. The predicted octanol–water partition coefficient (Wildman–Crippen LogP) is 2.87. The molecule has 2 aromatic heterocycles. The highest BCUT2D eigenvalue weighted by Crippen LogP contribution is 2.28. The number of hydrogen-bond donors (Lipinski definition) is 3. The van der Waals surface area contributed by atoms with Gasteiger partial charge in [0.2, 0.25) is 5.95 Å². The van der Waals surface area contributed by atoms with Crippen molar-refractivity contribution in [1.82, 2.24) is 19.9 Å². The lowest BCUT2D eigenvalue weighted by Gasteiger charge is -2.24. The molecule has 1 aliphatic rings. The number of carboxylic acid groups (broad SMARTS) is 1. The Kier molecular flexibility index (Phi) is 10.3. The Morgan fingerprint density at radius 2 is 1.92 bits per heavy atom. The molecule has 0 saturated heterocycles. The van der Waals surface area contributed by atoms with Gasteiger partial charge in [-0.15, -0.1) is 0 Å². The number of carboxylic acids is 1. The molecule has 1 aliphatic heterocycles. The Balaban J connectivity index is 1.54. The number of aromatic nitrogens is 3. The summed E-state index contributed by atoms with van der Waals surface area (Å²) in [6.45, 7) is 1.97. The molecule has 38 heavy (non-hydrogen) atoms. The fraction of sp³-hybridized carbons (Fsp3) is 0.583. The van der Waals surface area contributed by atoms with Crippen molar-refractivity contribution in [3.05, 3.63) is 41.3 Å². The van der Waals surface area contributed by atoms with Gasteiger partial charge < -0.3 is 20.6 Å². The van der Waals surface area contributed by atoms with E-state index in [1.807, 2.05) is 11.0 Å². The first-order chi connectivity index (χ1) is 17.9. The summed E-state index contributed by atoms with van der Waals surface area (Å²) < 4.78 is 61.6. The second kappa shape index (κ2) is 13.2. The third-order valence-corrected chi connectivity index (χ3v) is 7.13. The summed E-state index contributed by atoms with van der Waals surface area (Å²) in [4.78, 5) is 25.5. The van der Waals surface area contributed by atoms with E-state index in [-0.39, 0.29) is 31.2 Å². The van der Waals surface area contributed by atoms with Gasteiger partial charge in [0.1, 0.15) is 21.7 Å². The molecule has 0 amide bonds. The molecule has 3 rings (SSSR count). The number of pyridine rings is 1. The van der Waals surface area contributed by atoms with E-state index in [0.717, 1.165) is 56.4 Å². The Labute approximate surface area is 220 Å². The fourth-order valence-electron chi connectivity index (χ4n) is 4.05. The summed E-state index contributed by atoms with van der Waals surface area (Å²) in [6, 6.07) is 2.96. The van der Waals surface area contributed by atoms with Crippen LogP contribution in [0.1, 0.15) is 42.5 Å². The molecular weight excluding hydrogens is 525 g/mol. The summed E-state index contributed by atoms with van der Waals surface area (Å²) in [5, 5.41) is 15.5. The maximum atomic E-state index is 12.7. The van der Waals surface area contributed by atoms with Crippen LogP contribution in [0.2, 0.25) is 0 Å². The van der Waals surface area contributed by atoms with Gasteiger partial charge in [-0.1, -0.05) is 6.07 Å². The van der Waals surface area contributed by atoms with Crippen LogP contribution in [-0.2, 0) is 33.6 Å². The summed E-state index contributed by atoms with van der Waals surface area (Å²) >= 11 is 0. The van der Waals surface area contributed by atoms with Crippen LogP contribution in [0.15, 0.2) is 24.5 Å². The Morgan fingerprint density at radius 1 is 1.18 bits per heavy atom. The second-order valence-corrected chi connectivity index (χ2v) is 11.6. The van der Waals surface area contributed by atoms with Gasteiger partial charge in [-0.05, 0) is 56.7 Å². The van der Waals surface area contributed by atoms with Crippen molar-refractivity contribution in [2.45, 2.75) is 50.7 Å². The van der Waals surface area contributed by atoms with E-state index in [0.29, 0.717) is 18.9 Å². The largest absolute Gasteiger partial charge is 0.480 e. The zero-order valence-electron chi connectivity index (χ0n) is 21.2. The molecule has 0 fully saturated rings. The fourth-order valence-corrected chi connectivity index (χ4v) is 4.64. The van der Waals surface area contributed by atoms with Crippen molar-refractivity contribution in [2.75, 3.05) is 48.8 Å². The van der Waals surface area contributed by atoms with Gasteiger partial charge in [0.05, 0.1) is 11.3 Å². The highest BCUT2D eigenvalue weighted by atomic mass is 32.2. The molecule has 1 unspecified atom stereocenters. The highest BCUT2D eigenvalue weighted by Gasteiger charge is 2.31. The van der Waals surface area contributed by atoms with Crippen molar-refractivity contribution in [3.63, 3.8) is 0 Å². The van der Waals surface area contributed by atoms with Crippen molar-refractivity contribution in [3.8, 4) is 0 Å². The molecule has 0 radical (unpaired) electrons. The molecule has 0 aliphatic carbocycles. The van der Waals surface area contributed by atoms with Crippen molar-refractivity contribution >= 4 is 27.6 Å². The topological polar surface area (TPSA) is 137 Å². The SMILES string of the molecule is CS(=O)(=O)CCN(CCCCc1ccc2c(n1)NCCC2)CCC(Nc1ncc(C(F)(F)F)cn1)C(=O)O. The monoisotopic (exact) mass is 558 g/mol. The van der Waals surface area contributed by atoms with Gasteiger partial charge in [-0.25, -0.2) is 28.2 Å². The minimum Gasteiger partial charge on any atom is -0.480 e. The van der Waals surface area contributed by atoms with Crippen LogP contribution >= 0.6 is 0 Å². The molecule has 10 nitrogen and oxygen atoms in total. The van der Waals surface area contributed by atoms with Crippen molar-refractivity contribution in [1.29, 1.82) is 0 Å². The minimum absolute atomic E-state index is 0.0710. The lowest BCUT2D eigenvalue weighted by atomic mass is 10.1. The lowest BCUT2D eigenvalue weighted by molar-refractivity contribution is -0.139. The molecule has 210 valence electrons. The normalized spacial score (nSPS) is 14.6. The number of alkyl halides is 3. The minimum atomic E-state index is -4.60. The maximum Gasteiger partial charge on any atom is 0.419 e. The van der Waals surface area contributed by atoms with E-state index < -0.39 is 33.6 Å². The number of halogens is 3. The average molecular weight is 559 g/mol. The average Bonchev–Trinajstić information content (AvgIpc) is 2.85. The summed E-state index contributed by atoms with van der Waals surface area (Å²) in [5.41, 5.74) is 1.16. The molecule has 0 aromatic carbocycles. The number of nitrogens with one attached hydrogen (secondary N) is 2. The summed E-state index contributed by atoms with van der Waals surface area (Å²) in [7, 11) is -3.22. The van der Waals surface area contributed by atoms with E-state index in [1.54, 1.807) is 0 Å². The van der Waals surface area contributed by atoms with Crippen LogP contribution in [0.4, 0.5) is 24.9 Å². The molecule has 3 heterocycles. The van der Waals surface area contributed by atoms with Crippen LogP contribution < -0.4 is 10.6 Å². The van der Waals surface area contributed by atoms with Crippen LogP contribution in [0, 0.1) is 0 Å². The number of aryl methyl sites for hydroxylation is 2. The zero-order valence-corrected chi connectivity index (χ0v) is 22.0. The Morgan fingerprint density at radius 3 is 2.58 bits per heavy atom. The van der Waals surface area contributed by atoms with Gasteiger partial charge in [0.15, 0.2) is 0 Å². The highest BCUT2D eigenvalue weighted by molar-refractivity contribution is 7.90. The number of unbranched alkanes of at least 4 members (excludes halogenated alkanes) is 1. The third-order valence-electron chi connectivity index (χ3n) is 6.20. The third kappa shape index (κ3) is 9.71. The number of hydrogen-bond acceptors (Lipinski definition) is 9. The standard InChI is InChI=1S/C24H33F3N6O4S/c1-38(36,37)14-13-33(11-3-2-6-19-8-7-17-5-4-10-28-21(17)31-19)12-9-20(22(34)35)32-23-29-15-18(16-30-23)24(25,26)27/h7-8,15-16,20H,2-6,9-14H2,1H3,(H,28,31)(H,34,35)(H,29,30,32). The maximum absolute atomic E-state index is 12.7. The van der Waals surface area contributed by atoms with E-state index in [2.05, 4.69) is 31.7 Å². The summed E-state index contributed by atoms with van der Waals surface area (Å²) in [5.74, 6) is -0.588. The van der Waals surface area contributed by atoms with E-state index in [1.165, 1.54) is 5.56 Å². The van der Waals surface area contributed by atoms with Crippen molar-refractivity contribution in [2.24, 2.45) is 0 Å². The smallest absolute Gasteiger partial charge is 0.419 e. The number of sulfone groups is 1. The first kappa shape index (κ1) is 29.6. The number of aliphatic carboxylic acids is 1. The van der Waals surface area contributed by atoms with Crippen LogP contribution in [0.25, 0.3) is 0 Å². The van der Waals surface area contributed by atoms with Crippen molar-refractivity contribution < 1.29 is 31.5 Å². The molecule has 3 N–H and O–H groups in total. The molecule has 14 heteroatoms. The molecular formula is C24H33F3N6O4S. The van der Waals surface area contributed by atoms with Gasteiger partial charge in [0.25, 0.3) is 0 Å². The number of fused-ring (bicyclic) bond motifs is 1. The van der Waals surface area contributed by atoms with Gasteiger partial charge >= 0.3 is 12.1 Å². The van der Waals surface area contributed by atoms with Gasteiger partial charge in [-0.3, -0.25) is 0 Å². The second-order valence-electron chi connectivity index (χ2n) is 9.39. The molecule has 0 saturated carbocycles. The number of nitrogens with zero attached hydrogens (tertiary/aromatic N) is 4. The van der Waals surface area contributed by atoms with Crippen LogP contribution in [-0.4, -0.2) is 83.6 Å².